The number of ether oxygens (including phenoxy) is 1. The number of hydrogen-bond acceptors (Lipinski definition) is 6. The van der Waals surface area contributed by atoms with Gasteiger partial charge >= 0.3 is 0 Å². The highest BCUT2D eigenvalue weighted by Crippen LogP contribution is 2.37. The second-order valence-electron chi connectivity index (χ2n) is 6.26. The molecule has 2 aromatic heterocycles. The molecule has 1 aliphatic heterocycles. The van der Waals surface area contributed by atoms with Gasteiger partial charge in [0.15, 0.2) is 5.16 Å². The zero-order valence-electron chi connectivity index (χ0n) is 13.6. The molecule has 0 radical (unpaired) electrons. The molecular weight excluding hydrogens is 346 g/mol. The van der Waals surface area contributed by atoms with E-state index in [1.165, 1.54) is 23.1 Å². The highest BCUT2D eigenvalue weighted by atomic mass is 32.2. The molecule has 2 N–H and O–H groups in total. The third-order valence-corrected chi connectivity index (χ3v) is 5.91. The van der Waals surface area contributed by atoms with Crippen molar-refractivity contribution in [3.05, 3.63) is 33.4 Å². The van der Waals surface area contributed by atoms with E-state index in [0.717, 1.165) is 10.4 Å². The van der Waals surface area contributed by atoms with E-state index in [4.69, 9.17) is 10.5 Å². The lowest BCUT2D eigenvalue weighted by atomic mass is 9.94. The number of amides is 1. The van der Waals surface area contributed by atoms with E-state index in [9.17, 15) is 9.59 Å². The average molecular weight is 365 g/mol. The normalized spacial score (nSPS) is 16.1. The summed E-state index contributed by atoms with van der Waals surface area (Å²) in [5.41, 5.74) is 5.86. The standard InChI is InChI=1S/C16H19N3O3S2/c1-4-5-19-14(21)12-9-6-16(2,3)22-7-10(9)24-13(12)18-15(19)23-8-11(17)20/h4H,1,5-8H2,2-3H3,(H2,17,20). The fraction of sp³-hybridized carbons (Fsp3) is 0.438. The quantitative estimate of drug-likeness (QED) is 0.498. The highest BCUT2D eigenvalue weighted by molar-refractivity contribution is 7.99. The second kappa shape index (κ2) is 6.34. The zero-order chi connectivity index (χ0) is 17.5. The molecule has 3 rings (SSSR count). The Hall–Kier alpha value is -1.64. The van der Waals surface area contributed by atoms with Crippen molar-refractivity contribution in [2.45, 2.75) is 44.2 Å². The fourth-order valence-electron chi connectivity index (χ4n) is 2.74. The molecule has 0 atom stereocenters. The number of thioether (sulfide) groups is 1. The van der Waals surface area contributed by atoms with Crippen molar-refractivity contribution in [1.29, 1.82) is 0 Å². The summed E-state index contributed by atoms with van der Waals surface area (Å²) in [6, 6.07) is 0. The van der Waals surface area contributed by atoms with Crippen molar-refractivity contribution in [1.82, 2.24) is 9.55 Å². The number of allylic oxidation sites excluding steroid dienone is 1. The molecule has 6 nitrogen and oxygen atoms in total. The van der Waals surface area contributed by atoms with E-state index in [2.05, 4.69) is 11.6 Å². The monoisotopic (exact) mass is 365 g/mol. The van der Waals surface area contributed by atoms with Gasteiger partial charge in [0.25, 0.3) is 5.56 Å². The van der Waals surface area contributed by atoms with Crippen LogP contribution in [0.5, 0.6) is 0 Å². The Morgan fingerprint density at radius 2 is 2.33 bits per heavy atom. The minimum absolute atomic E-state index is 0.0797. The summed E-state index contributed by atoms with van der Waals surface area (Å²) in [5, 5.41) is 1.15. The molecular formula is C16H19N3O3S2. The average Bonchev–Trinajstić information content (AvgIpc) is 2.84. The number of hydrogen-bond donors (Lipinski definition) is 1. The minimum Gasteiger partial charge on any atom is -0.370 e. The predicted molar refractivity (Wildman–Crippen MR) is 96.6 cm³/mol. The van der Waals surface area contributed by atoms with Crippen LogP contribution in [0.1, 0.15) is 24.3 Å². The molecule has 0 spiro atoms. The van der Waals surface area contributed by atoms with Crippen molar-refractivity contribution in [3.63, 3.8) is 0 Å². The van der Waals surface area contributed by atoms with Crippen LogP contribution < -0.4 is 11.3 Å². The first-order valence-corrected chi connectivity index (χ1v) is 9.33. The van der Waals surface area contributed by atoms with Gasteiger partial charge in [0, 0.05) is 17.8 Å². The minimum atomic E-state index is -0.444. The Morgan fingerprint density at radius 1 is 1.58 bits per heavy atom. The van der Waals surface area contributed by atoms with E-state index in [0.29, 0.717) is 34.9 Å². The molecule has 0 saturated heterocycles. The Morgan fingerprint density at radius 3 is 3.00 bits per heavy atom. The summed E-state index contributed by atoms with van der Waals surface area (Å²) in [7, 11) is 0. The van der Waals surface area contributed by atoms with Crippen LogP contribution in [-0.2, 0) is 29.1 Å². The molecule has 0 aliphatic carbocycles. The molecule has 24 heavy (non-hydrogen) atoms. The van der Waals surface area contributed by atoms with Gasteiger partial charge in [-0.2, -0.15) is 0 Å². The number of thiophene rings is 1. The molecule has 0 fully saturated rings. The molecule has 0 saturated carbocycles. The smallest absolute Gasteiger partial charge is 0.263 e. The highest BCUT2D eigenvalue weighted by Gasteiger charge is 2.31. The number of primary amides is 1. The van der Waals surface area contributed by atoms with Crippen LogP contribution in [0.15, 0.2) is 22.6 Å². The molecule has 3 heterocycles. The summed E-state index contributed by atoms with van der Waals surface area (Å²) < 4.78 is 7.39. The van der Waals surface area contributed by atoms with Crippen LogP contribution in [0, 0.1) is 0 Å². The molecule has 1 aliphatic rings. The van der Waals surface area contributed by atoms with Crippen LogP contribution in [0.4, 0.5) is 0 Å². The predicted octanol–water partition coefficient (Wildman–Crippen LogP) is 2.07. The van der Waals surface area contributed by atoms with Gasteiger partial charge < -0.3 is 10.5 Å². The van der Waals surface area contributed by atoms with Gasteiger partial charge in [-0.3, -0.25) is 14.2 Å². The second-order valence-corrected chi connectivity index (χ2v) is 8.29. The maximum absolute atomic E-state index is 13.0. The molecule has 8 heteroatoms. The van der Waals surface area contributed by atoms with Crippen LogP contribution in [-0.4, -0.2) is 26.8 Å². The third-order valence-electron chi connectivity index (χ3n) is 3.81. The number of carbonyl (C=O) groups is 1. The van der Waals surface area contributed by atoms with Gasteiger partial charge in [-0.05, 0) is 19.4 Å². The van der Waals surface area contributed by atoms with Crippen LogP contribution in [0.2, 0.25) is 0 Å². The van der Waals surface area contributed by atoms with Crippen LogP contribution in [0.25, 0.3) is 10.2 Å². The van der Waals surface area contributed by atoms with Crippen molar-refractivity contribution < 1.29 is 9.53 Å². The van der Waals surface area contributed by atoms with E-state index in [1.54, 1.807) is 10.6 Å². The summed E-state index contributed by atoms with van der Waals surface area (Å²) in [4.78, 5) is 30.5. The van der Waals surface area contributed by atoms with Crippen LogP contribution in [0.3, 0.4) is 0 Å². The SMILES string of the molecule is C=CCn1c(SCC(N)=O)nc2sc3c(c2c1=O)CC(C)(C)OC3. The molecule has 0 bridgehead atoms. The summed E-state index contributed by atoms with van der Waals surface area (Å²) in [6.07, 6.45) is 2.33. The first-order chi connectivity index (χ1) is 11.3. The molecule has 0 unspecified atom stereocenters. The summed E-state index contributed by atoms with van der Waals surface area (Å²) >= 11 is 2.66. The van der Waals surface area contributed by atoms with Crippen molar-refractivity contribution >= 4 is 39.2 Å². The topological polar surface area (TPSA) is 87.2 Å². The number of nitrogens with two attached hydrogens (primary N) is 1. The summed E-state index contributed by atoms with van der Waals surface area (Å²) in [5.74, 6) is -0.365. The fourth-order valence-corrected chi connectivity index (χ4v) is 4.63. The van der Waals surface area contributed by atoms with Gasteiger partial charge in [-0.1, -0.05) is 17.8 Å². The third kappa shape index (κ3) is 3.13. The number of nitrogens with zero attached hydrogens (tertiary/aromatic N) is 2. The van der Waals surface area contributed by atoms with E-state index >= 15 is 0 Å². The maximum atomic E-state index is 13.0. The number of carbonyl (C=O) groups excluding carboxylic acids is 1. The summed E-state index contributed by atoms with van der Waals surface area (Å²) in [6.45, 7) is 8.58. The van der Waals surface area contributed by atoms with Gasteiger partial charge in [0.1, 0.15) is 4.83 Å². The number of rotatable bonds is 5. The first-order valence-electron chi connectivity index (χ1n) is 7.53. The Bertz CT molecular complexity index is 883. The molecule has 128 valence electrons. The number of fused-ring (bicyclic) bond motifs is 3. The lowest BCUT2D eigenvalue weighted by Gasteiger charge is -2.29. The van der Waals surface area contributed by atoms with E-state index in [1.807, 2.05) is 13.8 Å². The van der Waals surface area contributed by atoms with E-state index in [-0.39, 0.29) is 16.9 Å². The van der Waals surface area contributed by atoms with Crippen LogP contribution >= 0.6 is 23.1 Å². The molecule has 0 aromatic carbocycles. The Labute approximate surface area is 147 Å². The first kappa shape index (κ1) is 17.2. The zero-order valence-corrected chi connectivity index (χ0v) is 15.3. The van der Waals surface area contributed by atoms with Gasteiger partial charge in [0.2, 0.25) is 5.91 Å². The van der Waals surface area contributed by atoms with Crippen molar-refractivity contribution in [3.8, 4) is 0 Å². The van der Waals surface area contributed by atoms with Crippen molar-refractivity contribution in [2.24, 2.45) is 5.73 Å². The molecule has 2 aromatic rings. The largest absolute Gasteiger partial charge is 0.370 e. The number of aromatic nitrogens is 2. The van der Waals surface area contributed by atoms with E-state index < -0.39 is 5.91 Å². The molecule has 1 amide bonds. The van der Waals surface area contributed by atoms with Gasteiger partial charge in [0.05, 0.1) is 23.3 Å². The maximum Gasteiger partial charge on any atom is 0.263 e. The van der Waals surface area contributed by atoms with Gasteiger partial charge in [-0.15, -0.1) is 17.9 Å². The van der Waals surface area contributed by atoms with Gasteiger partial charge in [-0.25, -0.2) is 4.98 Å². The lowest BCUT2D eigenvalue weighted by molar-refractivity contribution is -0.115. The lowest BCUT2D eigenvalue weighted by Crippen LogP contribution is -2.32. The Kier molecular flexibility index (Phi) is 4.54. The Balaban J connectivity index is 2.19. The van der Waals surface area contributed by atoms with Crippen molar-refractivity contribution in [2.75, 3.05) is 5.75 Å².